The summed E-state index contributed by atoms with van der Waals surface area (Å²) in [5.74, 6) is -2.07. The van der Waals surface area contributed by atoms with Gasteiger partial charge >= 0.3 is 11.9 Å². The number of rotatable bonds is 33. The number of hydrogen-bond acceptors (Lipinski definition) is 6. The van der Waals surface area contributed by atoms with Crippen LogP contribution in [-0.4, -0.2) is 49.1 Å². The van der Waals surface area contributed by atoms with E-state index in [9.17, 15) is 19.2 Å². The zero-order valence-electron chi connectivity index (χ0n) is 36.2. The van der Waals surface area contributed by atoms with E-state index in [1.54, 1.807) is 0 Å². The van der Waals surface area contributed by atoms with Crippen molar-refractivity contribution in [2.75, 3.05) is 7.11 Å². The first-order chi connectivity index (χ1) is 28.3. The minimum Gasteiger partial charge on any atom is -0.467 e. The molecule has 0 radical (unpaired) electrons. The lowest BCUT2D eigenvalue weighted by molar-refractivity contribution is -0.159. The maximum atomic E-state index is 12.7. The molecule has 0 aliphatic heterocycles. The number of hydrogen-bond donors (Lipinski definition) is 2. The molecular weight excluding hydrogens is 725 g/mol. The minimum atomic E-state index is -1.17. The zero-order valence-corrected chi connectivity index (χ0v) is 36.2. The Balaban J connectivity index is 4.32. The fraction of sp³-hybridized carbons (Fsp3) is 0.480. The molecule has 58 heavy (non-hydrogen) atoms. The number of carbonyl (C=O) groups excluding carboxylic acids is 4. The molecule has 8 nitrogen and oxygen atoms in total. The highest BCUT2D eigenvalue weighted by Gasteiger charge is 2.31. The molecule has 0 fully saturated rings. The van der Waals surface area contributed by atoms with Crippen molar-refractivity contribution in [2.24, 2.45) is 0 Å². The molecule has 0 rings (SSSR count). The fourth-order valence-electron chi connectivity index (χ4n) is 5.07. The molecule has 0 aromatic rings. The molecule has 0 aromatic heterocycles. The number of ether oxygens (including phenoxy) is 2. The van der Waals surface area contributed by atoms with Gasteiger partial charge in [0.1, 0.15) is 12.1 Å². The number of amides is 2. The van der Waals surface area contributed by atoms with Crippen LogP contribution in [0.15, 0.2) is 134 Å². The number of carbonyl (C=O) groups is 4. The monoisotopic (exact) mass is 799 g/mol. The molecule has 0 aliphatic carbocycles. The van der Waals surface area contributed by atoms with Gasteiger partial charge in [-0.3, -0.25) is 9.59 Å². The van der Waals surface area contributed by atoms with Gasteiger partial charge in [-0.1, -0.05) is 148 Å². The first kappa shape index (κ1) is 53.0. The average Bonchev–Trinajstić information content (AvgIpc) is 3.21. The zero-order chi connectivity index (χ0) is 42.7. The van der Waals surface area contributed by atoms with Crippen molar-refractivity contribution >= 4 is 23.8 Å². The number of unbranched alkanes of at least 4 members (excludes halogenated alkanes) is 1. The highest BCUT2D eigenvalue weighted by atomic mass is 16.6. The summed E-state index contributed by atoms with van der Waals surface area (Å²) < 4.78 is 10.3. The van der Waals surface area contributed by atoms with Crippen LogP contribution in [0.2, 0.25) is 0 Å². The number of methoxy groups -OCH3 is 1. The number of nitrogens with one attached hydrogen (secondary N) is 2. The molecular formula is C50H74N2O6. The molecule has 3 unspecified atom stereocenters. The highest BCUT2D eigenvalue weighted by Crippen LogP contribution is 2.07. The third-order valence-corrected chi connectivity index (χ3v) is 8.34. The standard InChI is InChI=1S/C50H74N2O6/c1-6-8-10-12-14-16-18-20-22-24-25-27-29-30-32-34-36-38-40-42-46(53)51-44(3)49(55)58-45(4)48(50(56)57-5)52-47(54)43-41-39-37-35-33-31-28-26-23-21-19-17-15-13-11-9-7-2/h8-11,14-17,20-23,25,27-28,30-32,35-38,44-45,48H,6-7,12-13,18-19,24,26,29,33-34,39-43H2,1-5H3,(H,51,53)(H,52,54). The molecule has 2 N–H and O–H groups in total. The lowest BCUT2D eigenvalue weighted by Crippen LogP contribution is -2.51. The second-order valence-corrected chi connectivity index (χ2v) is 13.6. The lowest BCUT2D eigenvalue weighted by atomic mass is 10.1. The highest BCUT2D eigenvalue weighted by molar-refractivity contribution is 5.86. The first-order valence-electron chi connectivity index (χ1n) is 21.3. The van der Waals surface area contributed by atoms with Crippen molar-refractivity contribution in [3.05, 3.63) is 134 Å². The molecule has 2 amide bonds. The van der Waals surface area contributed by atoms with E-state index in [2.05, 4.69) is 140 Å². The van der Waals surface area contributed by atoms with E-state index >= 15 is 0 Å². The summed E-state index contributed by atoms with van der Waals surface area (Å²) in [5, 5.41) is 5.28. The predicted octanol–water partition coefficient (Wildman–Crippen LogP) is 11.5. The Hall–Kier alpha value is -4.98. The Morgan fingerprint density at radius 2 is 0.793 bits per heavy atom. The van der Waals surface area contributed by atoms with Crippen LogP contribution >= 0.6 is 0 Å². The smallest absolute Gasteiger partial charge is 0.332 e. The van der Waals surface area contributed by atoms with Crippen molar-refractivity contribution in [1.29, 1.82) is 0 Å². The molecule has 0 aromatic carbocycles. The summed E-state index contributed by atoms with van der Waals surface area (Å²) in [5.41, 5.74) is 0. The van der Waals surface area contributed by atoms with Gasteiger partial charge in [0.2, 0.25) is 11.8 Å². The number of esters is 2. The SMILES string of the molecule is CCC=CCC=CCC=CCC=CCC=CCC=CCCC(=O)NC(C)C(=O)OC(C)C(NC(=O)CCCC=CCC=CCC=CCC=CCC=CCC)C(=O)OC. The quantitative estimate of drug-likeness (QED) is 0.0389. The van der Waals surface area contributed by atoms with Crippen LogP contribution in [0.5, 0.6) is 0 Å². The van der Waals surface area contributed by atoms with E-state index in [0.29, 0.717) is 19.3 Å². The minimum absolute atomic E-state index is 0.200. The van der Waals surface area contributed by atoms with E-state index in [1.165, 1.54) is 21.0 Å². The lowest BCUT2D eigenvalue weighted by Gasteiger charge is -2.24. The third kappa shape index (κ3) is 34.3. The van der Waals surface area contributed by atoms with Gasteiger partial charge < -0.3 is 20.1 Å². The van der Waals surface area contributed by atoms with Crippen molar-refractivity contribution in [3.63, 3.8) is 0 Å². The van der Waals surface area contributed by atoms with Crippen LogP contribution in [-0.2, 0) is 28.7 Å². The molecule has 3 atom stereocenters. The molecule has 0 bridgehead atoms. The van der Waals surface area contributed by atoms with Crippen LogP contribution in [0.1, 0.15) is 130 Å². The molecule has 0 saturated carbocycles. The van der Waals surface area contributed by atoms with Crippen LogP contribution < -0.4 is 10.6 Å². The van der Waals surface area contributed by atoms with Gasteiger partial charge in [-0.05, 0) is 104 Å². The summed E-state index contributed by atoms with van der Waals surface area (Å²) in [7, 11) is 1.21. The maximum Gasteiger partial charge on any atom is 0.332 e. The van der Waals surface area contributed by atoms with Gasteiger partial charge in [-0.2, -0.15) is 0 Å². The van der Waals surface area contributed by atoms with Gasteiger partial charge in [-0.15, -0.1) is 0 Å². The Morgan fingerprint density at radius 3 is 1.17 bits per heavy atom. The normalized spacial score (nSPS) is 14.4. The van der Waals surface area contributed by atoms with Crippen LogP contribution in [0.3, 0.4) is 0 Å². The van der Waals surface area contributed by atoms with Crippen molar-refractivity contribution in [1.82, 2.24) is 10.6 Å². The Labute approximate surface area is 351 Å². The molecule has 0 aliphatic rings. The van der Waals surface area contributed by atoms with Crippen molar-refractivity contribution in [2.45, 2.75) is 149 Å². The van der Waals surface area contributed by atoms with Crippen LogP contribution in [0.4, 0.5) is 0 Å². The summed E-state index contributed by atoms with van der Waals surface area (Å²) >= 11 is 0. The second-order valence-electron chi connectivity index (χ2n) is 13.6. The third-order valence-electron chi connectivity index (χ3n) is 8.34. The van der Waals surface area contributed by atoms with Gasteiger partial charge in [0.15, 0.2) is 6.04 Å². The summed E-state index contributed by atoms with van der Waals surface area (Å²) in [4.78, 5) is 50.2. The molecule has 320 valence electrons. The van der Waals surface area contributed by atoms with Crippen LogP contribution in [0.25, 0.3) is 0 Å². The Bertz CT molecular complexity index is 1440. The molecule has 0 spiro atoms. The largest absolute Gasteiger partial charge is 0.467 e. The topological polar surface area (TPSA) is 111 Å². The van der Waals surface area contributed by atoms with Crippen molar-refractivity contribution in [3.8, 4) is 0 Å². The summed E-state index contributed by atoms with van der Waals surface area (Å²) in [6, 6.07) is -2.11. The number of allylic oxidation sites excluding steroid dienone is 22. The van der Waals surface area contributed by atoms with Gasteiger partial charge in [0, 0.05) is 12.8 Å². The Morgan fingerprint density at radius 1 is 0.448 bits per heavy atom. The summed E-state index contributed by atoms with van der Waals surface area (Å²) in [6.45, 7) is 7.30. The van der Waals surface area contributed by atoms with Crippen molar-refractivity contribution < 1.29 is 28.7 Å². The molecule has 8 heteroatoms. The summed E-state index contributed by atoms with van der Waals surface area (Å²) in [6.07, 6.45) is 58.5. The Kier molecular flexibility index (Phi) is 36.8. The van der Waals surface area contributed by atoms with Gasteiger partial charge in [0.25, 0.3) is 0 Å². The predicted molar refractivity (Wildman–Crippen MR) is 243 cm³/mol. The van der Waals surface area contributed by atoms with E-state index < -0.39 is 30.1 Å². The van der Waals surface area contributed by atoms with Gasteiger partial charge in [-0.25, -0.2) is 9.59 Å². The average molecular weight is 799 g/mol. The van der Waals surface area contributed by atoms with E-state index in [-0.39, 0.29) is 24.7 Å². The first-order valence-corrected chi connectivity index (χ1v) is 21.3. The second kappa shape index (κ2) is 40.2. The molecule has 0 heterocycles. The fourth-order valence-corrected chi connectivity index (χ4v) is 5.07. The van der Waals surface area contributed by atoms with Gasteiger partial charge in [0.05, 0.1) is 7.11 Å². The maximum absolute atomic E-state index is 12.7. The van der Waals surface area contributed by atoms with Crippen LogP contribution in [0, 0.1) is 0 Å². The van der Waals surface area contributed by atoms with E-state index in [0.717, 1.165) is 70.6 Å². The van der Waals surface area contributed by atoms with E-state index in [1.807, 2.05) is 18.2 Å². The molecule has 0 saturated heterocycles. The van der Waals surface area contributed by atoms with E-state index in [4.69, 9.17) is 9.47 Å².